The maximum atomic E-state index is 11.9. The number of rotatable bonds is 4. The van der Waals surface area contributed by atoms with E-state index in [1.807, 2.05) is 0 Å². The topological polar surface area (TPSA) is 92.2 Å². The van der Waals surface area contributed by atoms with Crippen LogP contribution >= 0.6 is 11.3 Å². The number of thiophene rings is 1. The molecule has 2 N–H and O–H groups in total. The quantitative estimate of drug-likeness (QED) is 0.831. The normalized spacial score (nSPS) is 10.5. The zero-order valence-corrected chi connectivity index (χ0v) is 10.4. The van der Waals surface area contributed by atoms with E-state index >= 15 is 0 Å². The standard InChI is InChI=1S/C12H9N3O3S/c16-11(17)4-2-8-1-3-9(19-8)12(18)15-10-7-13-5-6-14-10/h1-7H,(H,16,17)(H,14,15,18). The van der Waals surface area contributed by atoms with Gasteiger partial charge in [0.2, 0.25) is 0 Å². The molecule has 0 saturated heterocycles. The van der Waals surface area contributed by atoms with E-state index in [0.717, 1.165) is 6.08 Å². The van der Waals surface area contributed by atoms with Crippen LogP contribution in [-0.4, -0.2) is 27.0 Å². The summed E-state index contributed by atoms with van der Waals surface area (Å²) in [6.45, 7) is 0. The van der Waals surface area contributed by atoms with Gasteiger partial charge in [-0.15, -0.1) is 11.3 Å². The number of carboxylic acids is 1. The first-order chi connectivity index (χ1) is 9.15. The van der Waals surface area contributed by atoms with Gasteiger partial charge in [0.15, 0.2) is 5.82 Å². The second-order valence-electron chi connectivity index (χ2n) is 3.42. The minimum absolute atomic E-state index is 0.305. The Labute approximate surface area is 112 Å². The van der Waals surface area contributed by atoms with Crippen LogP contribution in [0.1, 0.15) is 14.5 Å². The van der Waals surface area contributed by atoms with Crippen LogP contribution in [-0.2, 0) is 4.79 Å². The van der Waals surface area contributed by atoms with Crippen molar-refractivity contribution in [3.8, 4) is 0 Å². The highest BCUT2D eigenvalue weighted by Crippen LogP contribution is 2.18. The molecule has 2 heterocycles. The summed E-state index contributed by atoms with van der Waals surface area (Å²) in [7, 11) is 0. The molecule has 6 nitrogen and oxygen atoms in total. The van der Waals surface area contributed by atoms with Crippen molar-refractivity contribution in [1.82, 2.24) is 9.97 Å². The van der Waals surface area contributed by atoms with Crippen molar-refractivity contribution in [3.05, 3.63) is 46.6 Å². The smallest absolute Gasteiger partial charge is 0.328 e. The number of hydrogen-bond donors (Lipinski definition) is 2. The minimum atomic E-state index is -1.03. The molecule has 0 aliphatic carbocycles. The summed E-state index contributed by atoms with van der Waals surface area (Å²) in [5.41, 5.74) is 0. The number of carboxylic acid groups (broad SMARTS) is 1. The van der Waals surface area contributed by atoms with Gasteiger partial charge >= 0.3 is 5.97 Å². The fourth-order valence-corrected chi connectivity index (χ4v) is 2.07. The average molecular weight is 275 g/mol. The Kier molecular flexibility index (Phi) is 3.99. The first kappa shape index (κ1) is 12.9. The van der Waals surface area contributed by atoms with E-state index in [1.165, 1.54) is 36.0 Å². The van der Waals surface area contributed by atoms with Gasteiger partial charge < -0.3 is 10.4 Å². The third-order valence-corrected chi connectivity index (χ3v) is 3.09. The molecule has 7 heteroatoms. The van der Waals surface area contributed by atoms with E-state index in [4.69, 9.17) is 5.11 Å². The molecule has 0 aliphatic rings. The molecule has 0 aliphatic heterocycles. The zero-order valence-electron chi connectivity index (χ0n) is 9.61. The van der Waals surface area contributed by atoms with Gasteiger partial charge in [0.25, 0.3) is 5.91 Å². The molecule has 0 atom stereocenters. The lowest BCUT2D eigenvalue weighted by molar-refractivity contribution is -0.131. The predicted molar refractivity (Wildman–Crippen MR) is 71.0 cm³/mol. The summed E-state index contributed by atoms with van der Waals surface area (Å²) in [5, 5.41) is 11.1. The monoisotopic (exact) mass is 275 g/mol. The lowest BCUT2D eigenvalue weighted by Gasteiger charge is -2.00. The summed E-state index contributed by atoms with van der Waals surface area (Å²) in [4.78, 5) is 31.2. The summed E-state index contributed by atoms with van der Waals surface area (Å²) in [6, 6.07) is 3.30. The van der Waals surface area contributed by atoms with E-state index in [-0.39, 0.29) is 5.91 Å². The molecule has 0 radical (unpaired) electrons. The molecule has 0 spiro atoms. The van der Waals surface area contributed by atoms with Crippen LogP contribution in [0.5, 0.6) is 0 Å². The lowest BCUT2D eigenvalue weighted by atomic mass is 10.4. The number of aromatic nitrogens is 2. The van der Waals surface area contributed by atoms with Crippen molar-refractivity contribution in [2.24, 2.45) is 0 Å². The van der Waals surface area contributed by atoms with Crippen molar-refractivity contribution in [2.45, 2.75) is 0 Å². The van der Waals surface area contributed by atoms with E-state index in [2.05, 4.69) is 15.3 Å². The Hall–Kier alpha value is -2.54. The van der Waals surface area contributed by atoms with E-state index in [9.17, 15) is 9.59 Å². The number of nitrogens with zero attached hydrogens (tertiary/aromatic N) is 2. The summed E-state index contributed by atoms with van der Waals surface area (Å²) in [5.74, 6) is -0.969. The molecule has 2 aromatic heterocycles. The molecule has 96 valence electrons. The fourth-order valence-electron chi connectivity index (χ4n) is 1.26. The number of hydrogen-bond acceptors (Lipinski definition) is 5. The molecule has 1 amide bonds. The SMILES string of the molecule is O=C(O)C=Cc1ccc(C(=O)Nc2cnccn2)s1. The highest BCUT2D eigenvalue weighted by Gasteiger charge is 2.09. The number of carbonyl (C=O) groups is 2. The number of anilines is 1. The van der Waals surface area contributed by atoms with Gasteiger partial charge in [0, 0.05) is 23.3 Å². The Bertz CT molecular complexity index is 622. The van der Waals surface area contributed by atoms with E-state index in [0.29, 0.717) is 15.6 Å². The van der Waals surface area contributed by atoms with Gasteiger partial charge in [-0.3, -0.25) is 9.78 Å². The van der Waals surface area contributed by atoms with Crippen molar-refractivity contribution in [3.63, 3.8) is 0 Å². The maximum absolute atomic E-state index is 11.9. The summed E-state index contributed by atoms with van der Waals surface area (Å²) in [6.07, 6.45) is 6.89. The molecule has 0 bridgehead atoms. The molecule has 0 fully saturated rings. The van der Waals surface area contributed by atoms with E-state index < -0.39 is 5.97 Å². The van der Waals surface area contributed by atoms with Crippen LogP contribution in [0.4, 0.5) is 5.82 Å². The predicted octanol–water partition coefficient (Wildman–Crippen LogP) is 1.89. The Morgan fingerprint density at radius 1 is 1.32 bits per heavy atom. The Morgan fingerprint density at radius 3 is 2.84 bits per heavy atom. The third-order valence-electron chi connectivity index (χ3n) is 2.05. The highest BCUT2D eigenvalue weighted by atomic mass is 32.1. The maximum Gasteiger partial charge on any atom is 0.328 e. The fraction of sp³-hybridized carbons (Fsp3) is 0. The van der Waals surface area contributed by atoms with Gasteiger partial charge in [-0.25, -0.2) is 9.78 Å². The molecule has 19 heavy (non-hydrogen) atoms. The Morgan fingerprint density at radius 2 is 2.16 bits per heavy atom. The van der Waals surface area contributed by atoms with Crippen LogP contribution in [0.25, 0.3) is 6.08 Å². The second kappa shape index (κ2) is 5.87. The first-order valence-corrected chi connectivity index (χ1v) is 6.05. The molecule has 2 aromatic rings. The van der Waals surface area contributed by atoms with Crippen molar-refractivity contribution < 1.29 is 14.7 Å². The second-order valence-corrected chi connectivity index (χ2v) is 4.53. The number of nitrogens with one attached hydrogen (secondary N) is 1. The van der Waals surface area contributed by atoms with Crippen molar-refractivity contribution in [2.75, 3.05) is 5.32 Å². The molecular formula is C12H9N3O3S. The summed E-state index contributed by atoms with van der Waals surface area (Å²) >= 11 is 1.19. The number of amides is 1. The molecule has 0 saturated carbocycles. The largest absolute Gasteiger partial charge is 0.478 e. The van der Waals surface area contributed by atoms with Gasteiger partial charge in [-0.2, -0.15) is 0 Å². The highest BCUT2D eigenvalue weighted by molar-refractivity contribution is 7.15. The van der Waals surface area contributed by atoms with Gasteiger partial charge in [0.05, 0.1) is 11.1 Å². The van der Waals surface area contributed by atoms with Crippen LogP contribution < -0.4 is 5.32 Å². The average Bonchev–Trinajstić information content (AvgIpc) is 2.86. The Balaban J connectivity index is 2.06. The van der Waals surface area contributed by atoms with Gasteiger partial charge in [-0.05, 0) is 18.2 Å². The molecular weight excluding hydrogens is 266 g/mol. The minimum Gasteiger partial charge on any atom is -0.478 e. The number of carbonyl (C=O) groups excluding carboxylic acids is 1. The van der Waals surface area contributed by atoms with Crippen molar-refractivity contribution in [1.29, 1.82) is 0 Å². The van der Waals surface area contributed by atoms with Crippen LogP contribution in [0.3, 0.4) is 0 Å². The van der Waals surface area contributed by atoms with Gasteiger partial charge in [0.1, 0.15) is 0 Å². The van der Waals surface area contributed by atoms with Crippen LogP contribution in [0, 0.1) is 0 Å². The van der Waals surface area contributed by atoms with Crippen molar-refractivity contribution >= 4 is 35.1 Å². The van der Waals surface area contributed by atoms with Crippen LogP contribution in [0.2, 0.25) is 0 Å². The number of aliphatic carboxylic acids is 1. The lowest BCUT2D eigenvalue weighted by Crippen LogP contribution is -2.11. The first-order valence-electron chi connectivity index (χ1n) is 5.23. The summed E-state index contributed by atoms with van der Waals surface area (Å²) < 4.78 is 0. The zero-order chi connectivity index (χ0) is 13.7. The van der Waals surface area contributed by atoms with Crippen LogP contribution in [0.15, 0.2) is 36.8 Å². The molecule has 0 unspecified atom stereocenters. The molecule has 2 rings (SSSR count). The third kappa shape index (κ3) is 3.71. The van der Waals surface area contributed by atoms with E-state index in [1.54, 1.807) is 12.1 Å². The molecule has 0 aromatic carbocycles. The van der Waals surface area contributed by atoms with Gasteiger partial charge in [-0.1, -0.05) is 0 Å².